The summed E-state index contributed by atoms with van der Waals surface area (Å²) >= 11 is 0. The predicted molar refractivity (Wildman–Crippen MR) is 138 cm³/mol. The van der Waals surface area contributed by atoms with E-state index in [1.165, 1.54) is 24.9 Å². The van der Waals surface area contributed by atoms with Gasteiger partial charge in [0.25, 0.3) is 0 Å². The molecule has 3 heterocycles. The van der Waals surface area contributed by atoms with Crippen LogP contribution in [0.5, 0.6) is 11.5 Å². The van der Waals surface area contributed by atoms with Gasteiger partial charge in [0.2, 0.25) is 0 Å². The van der Waals surface area contributed by atoms with Crippen LogP contribution in [0.2, 0.25) is 0 Å². The molecule has 0 aliphatic carbocycles. The Labute approximate surface area is 206 Å². The normalized spacial score (nSPS) is 16.9. The van der Waals surface area contributed by atoms with Crippen molar-refractivity contribution in [2.24, 2.45) is 0 Å². The van der Waals surface area contributed by atoms with E-state index in [2.05, 4.69) is 32.3 Å². The summed E-state index contributed by atoms with van der Waals surface area (Å²) in [7, 11) is 3.25. The molecule has 0 radical (unpaired) electrons. The van der Waals surface area contributed by atoms with E-state index in [0.29, 0.717) is 24.6 Å². The summed E-state index contributed by atoms with van der Waals surface area (Å²) in [5.74, 6) is 1.57. The highest BCUT2D eigenvalue weighted by atomic mass is 16.5. The standard InChI is InChI=1S/C27H33N5O3/c1-34-24-16-22-23(17-25(24)35-2)28-18-29-26(22)19-10-14-32(15-11-19)27(33)30-20-6-8-21(9-7-20)31-12-4-3-5-13-31/h6-9,16-19H,3-5,10-15H2,1-2H3,(H,30,33). The van der Waals surface area contributed by atoms with Crippen LogP contribution in [0, 0.1) is 0 Å². The fourth-order valence-corrected chi connectivity index (χ4v) is 5.19. The first-order chi connectivity index (χ1) is 17.2. The second kappa shape index (κ2) is 10.4. The third kappa shape index (κ3) is 4.97. The minimum absolute atomic E-state index is 0.0480. The lowest BCUT2D eigenvalue weighted by Crippen LogP contribution is -2.40. The van der Waals surface area contributed by atoms with Gasteiger partial charge >= 0.3 is 6.03 Å². The summed E-state index contributed by atoms with van der Waals surface area (Å²) in [4.78, 5) is 26.3. The van der Waals surface area contributed by atoms with Gasteiger partial charge in [-0.05, 0) is 62.4 Å². The molecule has 184 valence electrons. The number of nitrogens with one attached hydrogen (secondary N) is 1. The van der Waals surface area contributed by atoms with Crippen molar-refractivity contribution in [3.8, 4) is 11.5 Å². The quantitative estimate of drug-likeness (QED) is 0.556. The van der Waals surface area contributed by atoms with Crippen molar-refractivity contribution in [2.75, 3.05) is 50.6 Å². The van der Waals surface area contributed by atoms with Gasteiger partial charge in [-0.3, -0.25) is 0 Å². The van der Waals surface area contributed by atoms with E-state index in [9.17, 15) is 4.79 Å². The van der Waals surface area contributed by atoms with E-state index in [0.717, 1.165) is 48.2 Å². The fraction of sp³-hybridized carbons (Fsp3) is 0.444. The highest BCUT2D eigenvalue weighted by Gasteiger charge is 2.26. The molecule has 0 spiro atoms. The summed E-state index contributed by atoms with van der Waals surface area (Å²) in [6.45, 7) is 3.59. The zero-order valence-corrected chi connectivity index (χ0v) is 20.5. The highest BCUT2D eigenvalue weighted by Crippen LogP contribution is 2.36. The number of urea groups is 1. The van der Waals surface area contributed by atoms with Gasteiger partial charge in [0.05, 0.1) is 25.4 Å². The number of aromatic nitrogens is 2. The molecular formula is C27H33N5O3. The van der Waals surface area contributed by atoms with Gasteiger partial charge in [-0.25, -0.2) is 14.8 Å². The average Bonchev–Trinajstić information content (AvgIpc) is 2.93. The van der Waals surface area contributed by atoms with E-state index in [1.807, 2.05) is 29.2 Å². The summed E-state index contributed by atoms with van der Waals surface area (Å²) in [5.41, 5.74) is 3.90. The molecule has 2 aliphatic rings. The van der Waals surface area contributed by atoms with Gasteiger partial charge in [-0.15, -0.1) is 0 Å². The van der Waals surface area contributed by atoms with Gasteiger partial charge in [-0.2, -0.15) is 0 Å². The zero-order valence-electron chi connectivity index (χ0n) is 20.5. The van der Waals surface area contributed by atoms with Crippen LogP contribution in [0.3, 0.4) is 0 Å². The Kier molecular flexibility index (Phi) is 6.88. The molecule has 35 heavy (non-hydrogen) atoms. The van der Waals surface area contributed by atoms with Crippen LogP contribution < -0.4 is 19.7 Å². The topological polar surface area (TPSA) is 79.8 Å². The van der Waals surface area contributed by atoms with Gasteiger partial charge in [0, 0.05) is 54.9 Å². The molecule has 1 aromatic heterocycles. The maximum absolute atomic E-state index is 12.9. The van der Waals surface area contributed by atoms with Gasteiger partial charge in [0.1, 0.15) is 6.33 Å². The Hall–Kier alpha value is -3.55. The molecule has 5 rings (SSSR count). The number of likely N-dealkylation sites (tertiary alicyclic amines) is 1. The number of hydrogen-bond acceptors (Lipinski definition) is 6. The van der Waals surface area contributed by atoms with E-state index in [-0.39, 0.29) is 11.9 Å². The minimum Gasteiger partial charge on any atom is -0.493 e. The van der Waals surface area contributed by atoms with E-state index < -0.39 is 0 Å². The number of amides is 2. The van der Waals surface area contributed by atoms with E-state index >= 15 is 0 Å². The Morgan fingerprint density at radius 1 is 0.914 bits per heavy atom. The first-order valence-electron chi connectivity index (χ1n) is 12.4. The van der Waals surface area contributed by atoms with Crippen LogP contribution in [0.4, 0.5) is 16.2 Å². The average molecular weight is 476 g/mol. The Morgan fingerprint density at radius 2 is 1.60 bits per heavy atom. The van der Waals surface area contributed by atoms with Gasteiger partial charge < -0.3 is 24.6 Å². The summed E-state index contributed by atoms with van der Waals surface area (Å²) in [6, 6.07) is 12.0. The molecule has 0 saturated carbocycles. The first kappa shape index (κ1) is 23.2. The molecular weight excluding hydrogens is 442 g/mol. The Balaban J connectivity index is 1.22. The summed E-state index contributed by atoms with van der Waals surface area (Å²) in [5, 5.41) is 4.04. The molecule has 2 aliphatic heterocycles. The van der Waals surface area contributed by atoms with E-state index in [1.54, 1.807) is 20.5 Å². The molecule has 2 amide bonds. The molecule has 2 saturated heterocycles. The number of anilines is 2. The number of nitrogens with zero attached hydrogens (tertiary/aromatic N) is 4. The van der Waals surface area contributed by atoms with Crippen molar-refractivity contribution in [3.63, 3.8) is 0 Å². The number of carbonyl (C=O) groups is 1. The van der Waals surface area contributed by atoms with E-state index in [4.69, 9.17) is 9.47 Å². The lowest BCUT2D eigenvalue weighted by atomic mass is 9.91. The highest BCUT2D eigenvalue weighted by molar-refractivity contribution is 5.90. The number of methoxy groups -OCH3 is 2. The van der Waals surface area contributed by atoms with Crippen LogP contribution in [0.1, 0.15) is 43.7 Å². The van der Waals surface area contributed by atoms with Gasteiger partial charge in [-0.1, -0.05) is 0 Å². The minimum atomic E-state index is -0.0480. The maximum Gasteiger partial charge on any atom is 0.321 e. The fourth-order valence-electron chi connectivity index (χ4n) is 5.19. The molecule has 2 aromatic carbocycles. The summed E-state index contributed by atoms with van der Waals surface area (Å²) in [6.07, 6.45) is 7.12. The monoisotopic (exact) mass is 475 g/mol. The van der Waals surface area contributed by atoms with Crippen LogP contribution >= 0.6 is 0 Å². The number of rotatable bonds is 5. The van der Waals surface area contributed by atoms with Crippen molar-refractivity contribution < 1.29 is 14.3 Å². The maximum atomic E-state index is 12.9. The molecule has 0 bridgehead atoms. The van der Waals surface area contributed by atoms with Crippen molar-refractivity contribution in [1.82, 2.24) is 14.9 Å². The van der Waals surface area contributed by atoms with Crippen LogP contribution in [0.25, 0.3) is 10.9 Å². The lowest BCUT2D eigenvalue weighted by molar-refractivity contribution is 0.194. The summed E-state index contributed by atoms with van der Waals surface area (Å²) < 4.78 is 10.9. The van der Waals surface area contributed by atoms with Crippen molar-refractivity contribution in [3.05, 3.63) is 48.4 Å². The number of carbonyl (C=O) groups excluding carboxylic acids is 1. The molecule has 3 aromatic rings. The molecule has 2 fully saturated rings. The second-order valence-electron chi connectivity index (χ2n) is 9.27. The van der Waals surface area contributed by atoms with Crippen molar-refractivity contribution in [2.45, 2.75) is 38.0 Å². The largest absolute Gasteiger partial charge is 0.493 e. The number of fused-ring (bicyclic) bond motifs is 1. The Bertz CT molecular complexity index is 1170. The zero-order chi connectivity index (χ0) is 24.2. The second-order valence-corrected chi connectivity index (χ2v) is 9.27. The third-order valence-corrected chi connectivity index (χ3v) is 7.18. The number of piperidine rings is 2. The third-order valence-electron chi connectivity index (χ3n) is 7.18. The number of hydrogen-bond donors (Lipinski definition) is 1. The molecule has 8 heteroatoms. The predicted octanol–water partition coefficient (Wildman–Crippen LogP) is 5.05. The molecule has 0 atom stereocenters. The lowest BCUT2D eigenvalue weighted by Gasteiger charge is -2.32. The van der Waals surface area contributed by atoms with Crippen molar-refractivity contribution >= 4 is 28.3 Å². The SMILES string of the molecule is COc1cc2ncnc(C3CCN(C(=O)Nc4ccc(N5CCCCC5)cc4)CC3)c2cc1OC. The smallest absolute Gasteiger partial charge is 0.321 e. The first-order valence-corrected chi connectivity index (χ1v) is 12.4. The Morgan fingerprint density at radius 3 is 2.29 bits per heavy atom. The van der Waals surface area contributed by atoms with Gasteiger partial charge in [0.15, 0.2) is 11.5 Å². The number of benzene rings is 2. The molecule has 1 N–H and O–H groups in total. The molecule has 8 nitrogen and oxygen atoms in total. The van der Waals surface area contributed by atoms with Crippen molar-refractivity contribution in [1.29, 1.82) is 0 Å². The van der Waals surface area contributed by atoms with Crippen LogP contribution in [-0.4, -0.2) is 61.3 Å². The molecule has 0 unspecified atom stereocenters. The van der Waals surface area contributed by atoms with Crippen LogP contribution in [-0.2, 0) is 0 Å². The van der Waals surface area contributed by atoms with Crippen LogP contribution in [0.15, 0.2) is 42.7 Å². The number of ether oxygens (including phenoxy) is 2.